The summed E-state index contributed by atoms with van der Waals surface area (Å²) in [6, 6.07) is 0. The lowest BCUT2D eigenvalue weighted by atomic mass is 10.00. The highest BCUT2D eigenvalue weighted by Crippen LogP contribution is 2.36. The lowest BCUT2D eigenvalue weighted by molar-refractivity contribution is -0.176. The number of nitrogens with two attached hydrogens (primary N) is 1. The fourth-order valence-corrected chi connectivity index (χ4v) is 4.60. The first-order valence-electron chi connectivity index (χ1n) is 14.7. The Balaban J connectivity index is 2.04. The van der Waals surface area contributed by atoms with Crippen molar-refractivity contribution in [2.75, 3.05) is 38.8 Å². The number of halogens is 1. The van der Waals surface area contributed by atoms with Gasteiger partial charge in [0.15, 0.2) is 23.9 Å². The minimum atomic E-state index is -1.60. The van der Waals surface area contributed by atoms with Crippen LogP contribution in [0.1, 0.15) is 85.3 Å². The second-order valence-corrected chi connectivity index (χ2v) is 10.1. The van der Waals surface area contributed by atoms with Gasteiger partial charge in [-0.15, -0.1) is 0 Å². The molecule has 222 valence electrons. The van der Waals surface area contributed by atoms with Crippen molar-refractivity contribution in [3.8, 4) is 0 Å². The Bertz CT molecular complexity index is 950. The smallest absolute Gasteiger partial charge is 0.174 e. The molecular formula is C28H48FN5O5. The van der Waals surface area contributed by atoms with Crippen LogP contribution in [0.15, 0.2) is 12.7 Å². The van der Waals surface area contributed by atoms with Crippen molar-refractivity contribution in [3.63, 3.8) is 0 Å². The molecule has 39 heavy (non-hydrogen) atoms. The van der Waals surface area contributed by atoms with E-state index in [2.05, 4.69) is 42.6 Å². The maximum absolute atomic E-state index is 16.8. The highest BCUT2D eigenvalue weighted by Gasteiger charge is 2.50. The van der Waals surface area contributed by atoms with E-state index in [-0.39, 0.29) is 12.4 Å². The molecule has 0 aliphatic carbocycles. The first-order chi connectivity index (χ1) is 19.1. The van der Waals surface area contributed by atoms with Gasteiger partial charge in [0.05, 0.1) is 12.9 Å². The highest BCUT2D eigenvalue weighted by atomic mass is 19.1. The van der Waals surface area contributed by atoms with Crippen LogP contribution in [-0.2, 0) is 23.7 Å². The van der Waals surface area contributed by atoms with Gasteiger partial charge < -0.3 is 29.4 Å². The van der Waals surface area contributed by atoms with E-state index in [0.717, 1.165) is 51.4 Å². The molecule has 1 aliphatic heterocycles. The van der Waals surface area contributed by atoms with Crippen molar-refractivity contribution < 1.29 is 28.1 Å². The number of fused-ring (bicyclic) bond motifs is 1. The Morgan fingerprint density at radius 3 is 2.05 bits per heavy atom. The largest absolute Gasteiger partial charge is 0.382 e. The van der Waals surface area contributed by atoms with Crippen molar-refractivity contribution in [1.82, 2.24) is 19.5 Å². The van der Waals surface area contributed by atoms with Gasteiger partial charge in [-0.1, -0.05) is 53.4 Å². The van der Waals surface area contributed by atoms with Crippen LogP contribution in [0.2, 0.25) is 0 Å². The number of hydrogen-bond donors (Lipinski definition) is 1. The first kappa shape index (κ1) is 31.6. The van der Waals surface area contributed by atoms with E-state index in [0.29, 0.717) is 37.6 Å². The Hall–Kier alpha value is -1.92. The van der Waals surface area contributed by atoms with Gasteiger partial charge in [0.25, 0.3) is 0 Å². The number of unbranched alkanes of at least 4 members (excludes halogenated alkanes) is 4. The van der Waals surface area contributed by atoms with Gasteiger partial charge in [-0.3, -0.25) is 4.57 Å². The molecule has 1 aliphatic rings. The summed E-state index contributed by atoms with van der Waals surface area (Å²) in [5, 5.41) is 0. The first-order valence-corrected chi connectivity index (χ1v) is 14.7. The number of nitrogen functional groups attached to an aromatic ring is 1. The van der Waals surface area contributed by atoms with Crippen LogP contribution in [-0.4, -0.2) is 83.1 Å². The number of alkyl halides is 1. The molecule has 0 radical (unpaired) electrons. The topological polar surface area (TPSA) is 116 Å². The maximum Gasteiger partial charge on any atom is 0.174 e. The van der Waals surface area contributed by atoms with E-state index in [1.165, 1.54) is 12.7 Å². The zero-order valence-electron chi connectivity index (χ0n) is 24.1. The Morgan fingerprint density at radius 2 is 1.41 bits per heavy atom. The summed E-state index contributed by atoms with van der Waals surface area (Å²) in [7, 11) is 0. The van der Waals surface area contributed by atoms with Gasteiger partial charge >= 0.3 is 0 Å². The summed E-state index contributed by atoms with van der Waals surface area (Å²) in [6.07, 6.45) is 4.65. The lowest BCUT2D eigenvalue weighted by Gasteiger charge is -2.34. The number of aromatic nitrogens is 4. The lowest BCUT2D eigenvalue weighted by Crippen LogP contribution is -2.51. The van der Waals surface area contributed by atoms with Crippen LogP contribution in [0.5, 0.6) is 0 Å². The van der Waals surface area contributed by atoms with Crippen molar-refractivity contribution in [3.05, 3.63) is 12.7 Å². The summed E-state index contributed by atoms with van der Waals surface area (Å²) in [5.74, 6) is 0.222. The summed E-state index contributed by atoms with van der Waals surface area (Å²) in [5.41, 5.74) is 6.81. The standard InChI is InChI=1S/C28H48FN5O5/c1-5-9-13-35-17-20-23(36-14-10-6-2)25(38-16-12-8-4)24(37-15-11-7-3)21(29)28(39-20)34-19-33-22-26(30)31-18-32-27(22)34/h18-21,23-25,28H,5-17H2,1-4H3,(H2,30,31,32)/t20-,21+,23-,24+,25+,28-/m1/s1. The number of nitrogens with zero attached hydrogens (tertiary/aromatic N) is 4. The fraction of sp³-hybridized carbons (Fsp3) is 0.821. The molecule has 0 aromatic carbocycles. The second-order valence-electron chi connectivity index (χ2n) is 10.1. The highest BCUT2D eigenvalue weighted by molar-refractivity contribution is 5.81. The van der Waals surface area contributed by atoms with Crippen LogP contribution < -0.4 is 5.73 Å². The SMILES string of the molecule is CCCCOC[C@H]1O[C@@H](n2cnc3c(N)ncnc32)[C@@H](F)[C@H](OCCCC)[C@@H](OCCCC)[C@@H]1OCCCC. The Labute approximate surface area is 232 Å². The third kappa shape index (κ3) is 8.53. The monoisotopic (exact) mass is 553 g/mol. The van der Waals surface area contributed by atoms with Crippen molar-refractivity contribution in [2.24, 2.45) is 0 Å². The van der Waals surface area contributed by atoms with Gasteiger partial charge in [-0.2, -0.15) is 0 Å². The van der Waals surface area contributed by atoms with E-state index in [1.54, 1.807) is 4.57 Å². The molecule has 3 heterocycles. The van der Waals surface area contributed by atoms with Crippen molar-refractivity contribution >= 4 is 17.0 Å². The molecule has 0 unspecified atom stereocenters. The van der Waals surface area contributed by atoms with E-state index < -0.39 is 36.8 Å². The minimum Gasteiger partial charge on any atom is -0.382 e. The fourth-order valence-electron chi connectivity index (χ4n) is 4.60. The van der Waals surface area contributed by atoms with Gasteiger partial charge in [-0.05, 0) is 25.7 Å². The summed E-state index contributed by atoms with van der Waals surface area (Å²) < 4.78 is 50.0. The molecule has 3 rings (SSSR count). The Kier molecular flexibility index (Phi) is 13.8. The molecule has 0 amide bonds. The third-order valence-electron chi connectivity index (χ3n) is 6.92. The van der Waals surface area contributed by atoms with Crippen molar-refractivity contribution in [1.29, 1.82) is 0 Å². The van der Waals surface area contributed by atoms with Gasteiger partial charge in [-0.25, -0.2) is 19.3 Å². The average Bonchev–Trinajstić information content (AvgIpc) is 3.33. The van der Waals surface area contributed by atoms with E-state index in [9.17, 15) is 0 Å². The third-order valence-corrected chi connectivity index (χ3v) is 6.92. The molecule has 0 saturated carbocycles. The van der Waals surface area contributed by atoms with Crippen LogP contribution >= 0.6 is 0 Å². The number of hydrogen-bond acceptors (Lipinski definition) is 9. The molecule has 1 saturated heterocycles. The normalized spacial score (nSPS) is 25.8. The molecule has 2 aromatic rings. The predicted molar refractivity (Wildman–Crippen MR) is 148 cm³/mol. The van der Waals surface area contributed by atoms with Gasteiger partial charge in [0.2, 0.25) is 0 Å². The summed E-state index contributed by atoms with van der Waals surface area (Å²) >= 11 is 0. The van der Waals surface area contributed by atoms with Gasteiger partial charge in [0, 0.05) is 26.4 Å². The van der Waals surface area contributed by atoms with E-state index in [1.807, 2.05) is 0 Å². The Morgan fingerprint density at radius 1 is 0.821 bits per heavy atom. The van der Waals surface area contributed by atoms with Gasteiger partial charge in [0.1, 0.15) is 36.3 Å². The molecule has 2 aromatic heterocycles. The average molecular weight is 554 g/mol. The quantitative estimate of drug-likeness (QED) is 0.254. The van der Waals surface area contributed by atoms with Crippen LogP contribution in [0.3, 0.4) is 0 Å². The van der Waals surface area contributed by atoms with Crippen LogP contribution in [0.25, 0.3) is 11.2 Å². The molecule has 0 spiro atoms. The second kappa shape index (κ2) is 17.0. The molecule has 6 atom stereocenters. The van der Waals surface area contributed by atoms with Crippen LogP contribution in [0, 0.1) is 0 Å². The number of anilines is 1. The molecule has 10 nitrogen and oxygen atoms in total. The molecule has 0 bridgehead atoms. The number of imidazole rings is 1. The maximum atomic E-state index is 16.8. The molecular weight excluding hydrogens is 505 g/mol. The summed E-state index contributed by atoms with van der Waals surface area (Å²) in [6.45, 7) is 10.6. The molecule has 11 heteroatoms. The van der Waals surface area contributed by atoms with E-state index in [4.69, 9.17) is 29.4 Å². The van der Waals surface area contributed by atoms with Crippen molar-refractivity contribution in [2.45, 2.75) is 116 Å². The number of rotatable bonds is 18. The number of ether oxygens (including phenoxy) is 5. The zero-order valence-corrected chi connectivity index (χ0v) is 24.1. The molecule has 2 N–H and O–H groups in total. The predicted octanol–water partition coefficient (Wildman–Crippen LogP) is 5.02. The zero-order chi connectivity index (χ0) is 28.0. The summed E-state index contributed by atoms with van der Waals surface area (Å²) in [4.78, 5) is 12.7. The van der Waals surface area contributed by atoms with E-state index >= 15 is 4.39 Å². The minimum absolute atomic E-state index is 0.222. The molecule has 1 fully saturated rings. The van der Waals surface area contributed by atoms with Crippen LogP contribution in [0.4, 0.5) is 10.2 Å².